The molecule has 2 heterocycles. The van der Waals surface area contributed by atoms with Crippen LogP contribution in [0.1, 0.15) is 47.8 Å². The summed E-state index contributed by atoms with van der Waals surface area (Å²) in [5, 5.41) is 10.1. The lowest BCUT2D eigenvalue weighted by Gasteiger charge is -2.21. The van der Waals surface area contributed by atoms with Crippen LogP contribution in [0.4, 0.5) is 0 Å². The highest BCUT2D eigenvalue weighted by Crippen LogP contribution is 2.53. The fourth-order valence-corrected chi connectivity index (χ4v) is 4.16. The average Bonchev–Trinajstić information content (AvgIpc) is 3.11. The number of hydrogen-bond acceptors (Lipinski definition) is 3. The zero-order valence-electron chi connectivity index (χ0n) is 10.8. The number of nitrogens with zero attached hydrogens (tertiary/aromatic N) is 2. The Balaban J connectivity index is 1.87. The Bertz CT molecular complexity index is 712. The lowest BCUT2D eigenvalue weighted by Crippen LogP contribution is -2.11. The van der Waals surface area contributed by atoms with Gasteiger partial charge in [0.25, 0.3) is 0 Å². The molecule has 20 heavy (non-hydrogen) atoms. The van der Waals surface area contributed by atoms with Gasteiger partial charge >= 0.3 is 5.97 Å². The minimum absolute atomic E-state index is 0.140. The summed E-state index contributed by atoms with van der Waals surface area (Å²) in [6.45, 7) is 0. The number of H-pyrrole nitrogens is 1. The van der Waals surface area contributed by atoms with E-state index in [0.29, 0.717) is 17.5 Å². The largest absolute Gasteiger partial charge is 0.477 e. The predicted octanol–water partition coefficient (Wildman–Crippen LogP) is 3.21. The van der Waals surface area contributed by atoms with Crippen LogP contribution in [0.5, 0.6) is 0 Å². The van der Waals surface area contributed by atoms with Crippen LogP contribution in [-0.2, 0) is 0 Å². The molecule has 0 saturated heterocycles. The van der Waals surface area contributed by atoms with Crippen molar-refractivity contribution >= 4 is 28.6 Å². The normalized spacial score (nSPS) is 28.4. The third-order valence-corrected chi connectivity index (χ3v) is 4.98. The third-order valence-electron chi connectivity index (χ3n) is 4.81. The predicted molar refractivity (Wildman–Crippen MR) is 74.0 cm³/mol. The van der Waals surface area contributed by atoms with Gasteiger partial charge in [-0.1, -0.05) is 6.42 Å². The van der Waals surface area contributed by atoms with Gasteiger partial charge in [0.2, 0.25) is 5.28 Å². The molecule has 2 saturated carbocycles. The Morgan fingerprint density at radius 2 is 2.20 bits per heavy atom. The standard InChI is InChI=1S/C14H14ClN3O2/c15-14-17-11(8-4-6-1-2-7(8)3-6)9-5-10(13(19)20)16-12(9)18-14/h5-8H,1-4H2,(H,19,20)(H,16,17,18). The smallest absolute Gasteiger partial charge is 0.352 e. The average molecular weight is 292 g/mol. The number of rotatable bonds is 2. The van der Waals surface area contributed by atoms with Gasteiger partial charge < -0.3 is 10.1 Å². The summed E-state index contributed by atoms with van der Waals surface area (Å²) in [5.41, 5.74) is 1.59. The number of carboxylic acids is 1. The van der Waals surface area contributed by atoms with Gasteiger partial charge in [-0.25, -0.2) is 9.78 Å². The topological polar surface area (TPSA) is 78.9 Å². The van der Waals surface area contributed by atoms with Gasteiger partial charge in [0.1, 0.15) is 11.3 Å². The van der Waals surface area contributed by atoms with Crippen molar-refractivity contribution in [3.8, 4) is 0 Å². The van der Waals surface area contributed by atoms with E-state index in [2.05, 4.69) is 15.0 Å². The number of fused-ring (bicyclic) bond motifs is 3. The van der Waals surface area contributed by atoms with Gasteiger partial charge in [-0.05, 0) is 48.8 Å². The first kappa shape index (κ1) is 12.1. The van der Waals surface area contributed by atoms with E-state index < -0.39 is 5.97 Å². The van der Waals surface area contributed by atoms with Crippen LogP contribution in [0.15, 0.2) is 6.07 Å². The van der Waals surface area contributed by atoms with E-state index in [1.54, 1.807) is 6.07 Å². The quantitative estimate of drug-likeness (QED) is 0.833. The SMILES string of the molecule is O=C(O)c1cc2c(C3CC4CCC3C4)nc(Cl)nc2[nH]1. The Morgan fingerprint density at radius 3 is 2.85 bits per heavy atom. The van der Waals surface area contributed by atoms with Crippen molar-refractivity contribution in [1.29, 1.82) is 0 Å². The lowest BCUT2D eigenvalue weighted by molar-refractivity contribution is 0.0691. The summed E-state index contributed by atoms with van der Waals surface area (Å²) in [4.78, 5) is 22.4. The Kier molecular flexibility index (Phi) is 2.54. The first-order chi connectivity index (χ1) is 9.61. The van der Waals surface area contributed by atoms with Gasteiger partial charge in [-0.2, -0.15) is 4.98 Å². The molecule has 2 aliphatic rings. The van der Waals surface area contributed by atoms with E-state index in [4.69, 9.17) is 16.7 Å². The maximum atomic E-state index is 11.1. The molecule has 5 nitrogen and oxygen atoms in total. The monoisotopic (exact) mass is 291 g/mol. The molecule has 2 aromatic heterocycles. The van der Waals surface area contributed by atoms with Crippen LogP contribution in [0.2, 0.25) is 5.28 Å². The molecule has 0 radical (unpaired) electrons. The highest BCUT2D eigenvalue weighted by molar-refractivity contribution is 6.28. The molecule has 2 N–H and O–H groups in total. The summed E-state index contributed by atoms with van der Waals surface area (Å²) in [5.74, 6) is 0.872. The number of nitrogens with one attached hydrogen (secondary N) is 1. The number of carbonyl (C=O) groups is 1. The summed E-state index contributed by atoms with van der Waals surface area (Å²) >= 11 is 6.00. The molecule has 2 aromatic rings. The minimum Gasteiger partial charge on any atom is -0.477 e. The van der Waals surface area contributed by atoms with Gasteiger partial charge in [-0.3, -0.25) is 0 Å². The van der Waals surface area contributed by atoms with Gasteiger partial charge in [0, 0.05) is 11.3 Å². The molecule has 0 amide bonds. The Morgan fingerprint density at radius 1 is 1.35 bits per heavy atom. The fraction of sp³-hybridized carbons (Fsp3) is 0.500. The molecule has 3 atom stereocenters. The van der Waals surface area contributed by atoms with Crippen LogP contribution in [-0.4, -0.2) is 26.0 Å². The molecule has 0 aliphatic heterocycles. The third kappa shape index (κ3) is 1.73. The molecule has 2 fully saturated rings. The molecular weight excluding hydrogens is 278 g/mol. The van der Waals surface area contributed by atoms with Crippen molar-refractivity contribution in [2.45, 2.75) is 31.6 Å². The fourth-order valence-electron chi connectivity index (χ4n) is 3.98. The van der Waals surface area contributed by atoms with E-state index in [-0.39, 0.29) is 11.0 Å². The first-order valence-electron chi connectivity index (χ1n) is 6.91. The number of hydrogen-bond donors (Lipinski definition) is 2. The number of halogens is 1. The highest BCUT2D eigenvalue weighted by atomic mass is 35.5. The van der Waals surface area contributed by atoms with Gasteiger partial charge in [0.15, 0.2) is 0 Å². The maximum absolute atomic E-state index is 11.1. The molecule has 104 valence electrons. The zero-order chi connectivity index (χ0) is 13.9. The first-order valence-corrected chi connectivity index (χ1v) is 7.29. The molecule has 0 spiro atoms. The molecule has 3 unspecified atom stereocenters. The van der Waals surface area contributed by atoms with Crippen molar-refractivity contribution in [2.24, 2.45) is 11.8 Å². The van der Waals surface area contributed by atoms with E-state index in [9.17, 15) is 4.79 Å². The highest BCUT2D eigenvalue weighted by Gasteiger charge is 2.41. The van der Waals surface area contributed by atoms with Crippen LogP contribution in [0.25, 0.3) is 11.0 Å². The van der Waals surface area contributed by atoms with Crippen molar-refractivity contribution in [2.75, 3.05) is 0 Å². The summed E-state index contributed by atoms with van der Waals surface area (Å²) in [6, 6.07) is 1.63. The Hall–Kier alpha value is -1.62. The van der Waals surface area contributed by atoms with Crippen LogP contribution in [0, 0.1) is 11.8 Å². The molecular formula is C14H14ClN3O2. The van der Waals surface area contributed by atoms with Crippen molar-refractivity contribution in [1.82, 2.24) is 15.0 Å². The van der Waals surface area contributed by atoms with E-state index in [1.165, 1.54) is 19.3 Å². The summed E-state index contributed by atoms with van der Waals surface area (Å²) in [6.07, 6.45) is 4.97. The van der Waals surface area contributed by atoms with Crippen LogP contribution < -0.4 is 0 Å². The number of carboxylic acid groups (broad SMARTS) is 1. The van der Waals surface area contributed by atoms with Gasteiger partial charge in [0.05, 0.1) is 5.69 Å². The van der Waals surface area contributed by atoms with E-state index in [1.807, 2.05) is 0 Å². The van der Waals surface area contributed by atoms with E-state index >= 15 is 0 Å². The van der Waals surface area contributed by atoms with Crippen molar-refractivity contribution in [3.05, 3.63) is 22.7 Å². The number of aromatic nitrogens is 3. The molecule has 4 rings (SSSR count). The lowest BCUT2D eigenvalue weighted by atomic mass is 9.85. The second kappa shape index (κ2) is 4.19. The minimum atomic E-state index is -0.988. The van der Waals surface area contributed by atoms with Crippen molar-refractivity contribution in [3.63, 3.8) is 0 Å². The van der Waals surface area contributed by atoms with Gasteiger partial charge in [-0.15, -0.1) is 0 Å². The van der Waals surface area contributed by atoms with Crippen LogP contribution in [0.3, 0.4) is 0 Å². The summed E-state index contributed by atoms with van der Waals surface area (Å²) in [7, 11) is 0. The molecule has 0 aromatic carbocycles. The molecule has 2 bridgehead atoms. The zero-order valence-corrected chi connectivity index (χ0v) is 11.5. The molecule has 6 heteroatoms. The summed E-state index contributed by atoms with van der Waals surface area (Å²) < 4.78 is 0. The van der Waals surface area contributed by atoms with Crippen molar-refractivity contribution < 1.29 is 9.90 Å². The second-order valence-corrected chi connectivity index (χ2v) is 6.25. The Labute approximate surface area is 120 Å². The maximum Gasteiger partial charge on any atom is 0.352 e. The second-order valence-electron chi connectivity index (χ2n) is 5.91. The van der Waals surface area contributed by atoms with E-state index in [0.717, 1.165) is 23.4 Å². The van der Waals surface area contributed by atoms with Crippen LogP contribution >= 0.6 is 11.6 Å². The molecule has 2 aliphatic carbocycles. The number of aromatic amines is 1. The number of aromatic carboxylic acids is 1.